The summed E-state index contributed by atoms with van der Waals surface area (Å²) in [6, 6.07) is 15.6. The normalized spacial score (nSPS) is 10.0. The van der Waals surface area contributed by atoms with Gasteiger partial charge in [-0.3, -0.25) is 4.79 Å². The molecule has 21 heavy (non-hydrogen) atoms. The van der Waals surface area contributed by atoms with Crippen LogP contribution in [-0.4, -0.2) is 19.6 Å². The number of methoxy groups -OCH3 is 1. The molecule has 0 atom stereocenters. The first kappa shape index (κ1) is 14.9. The lowest BCUT2D eigenvalue weighted by Gasteiger charge is -2.09. The fraction of sp³-hybridized carbons (Fsp3) is 0.235. The van der Waals surface area contributed by atoms with Gasteiger partial charge < -0.3 is 15.4 Å². The Kier molecular flexibility index (Phi) is 5.21. The minimum atomic E-state index is -0.0349. The van der Waals surface area contributed by atoms with Gasteiger partial charge in [0.25, 0.3) is 0 Å². The molecule has 0 aliphatic rings. The van der Waals surface area contributed by atoms with E-state index in [0.29, 0.717) is 6.54 Å². The Morgan fingerprint density at radius 2 is 1.90 bits per heavy atom. The maximum absolute atomic E-state index is 11.8. The van der Waals surface area contributed by atoms with Crippen LogP contribution in [0.25, 0.3) is 0 Å². The first-order valence-electron chi connectivity index (χ1n) is 6.87. The second kappa shape index (κ2) is 7.33. The summed E-state index contributed by atoms with van der Waals surface area (Å²) in [5.41, 5.74) is 3.16. The van der Waals surface area contributed by atoms with Crippen molar-refractivity contribution in [2.45, 2.75) is 13.5 Å². The van der Waals surface area contributed by atoms with Crippen LogP contribution in [-0.2, 0) is 11.3 Å². The summed E-state index contributed by atoms with van der Waals surface area (Å²) in [5, 5.41) is 5.99. The summed E-state index contributed by atoms with van der Waals surface area (Å²) in [6.45, 7) is 2.80. The lowest BCUT2D eigenvalue weighted by atomic mass is 10.2. The predicted molar refractivity (Wildman–Crippen MR) is 84.5 cm³/mol. The van der Waals surface area contributed by atoms with Gasteiger partial charge in [-0.15, -0.1) is 0 Å². The van der Waals surface area contributed by atoms with Crippen molar-refractivity contribution >= 4 is 11.6 Å². The van der Waals surface area contributed by atoms with Crippen molar-refractivity contribution in [1.29, 1.82) is 0 Å². The van der Waals surface area contributed by atoms with Gasteiger partial charge in [-0.05, 0) is 42.3 Å². The molecular formula is C17H20N2O2. The Labute approximate surface area is 125 Å². The molecule has 0 aromatic heterocycles. The number of ether oxygens (including phenoxy) is 1. The molecule has 0 saturated carbocycles. The van der Waals surface area contributed by atoms with Crippen LogP contribution in [0.1, 0.15) is 11.1 Å². The van der Waals surface area contributed by atoms with E-state index in [0.717, 1.165) is 17.0 Å². The van der Waals surface area contributed by atoms with Crippen molar-refractivity contribution in [2.24, 2.45) is 0 Å². The first-order chi connectivity index (χ1) is 10.2. The first-order valence-corrected chi connectivity index (χ1v) is 6.87. The number of carbonyl (C=O) groups is 1. The van der Waals surface area contributed by atoms with Crippen LogP contribution in [0, 0.1) is 6.92 Å². The van der Waals surface area contributed by atoms with Crippen LogP contribution in [0.15, 0.2) is 48.5 Å². The Morgan fingerprint density at radius 3 is 2.57 bits per heavy atom. The second-order valence-corrected chi connectivity index (χ2v) is 4.85. The molecule has 2 aromatic rings. The highest BCUT2D eigenvalue weighted by Gasteiger charge is 2.02. The number of aryl methyl sites for hydroxylation is 1. The highest BCUT2D eigenvalue weighted by molar-refractivity contribution is 5.80. The highest BCUT2D eigenvalue weighted by atomic mass is 16.5. The molecule has 2 rings (SSSR count). The average molecular weight is 284 g/mol. The van der Waals surface area contributed by atoms with Gasteiger partial charge in [0.1, 0.15) is 5.75 Å². The molecule has 110 valence electrons. The van der Waals surface area contributed by atoms with E-state index in [1.807, 2.05) is 55.5 Å². The van der Waals surface area contributed by atoms with Gasteiger partial charge in [0, 0.05) is 12.2 Å². The highest BCUT2D eigenvalue weighted by Crippen LogP contribution is 2.11. The van der Waals surface area contributed by atoms with E-state index < -0.39 is 0 Å². The van der Waals surface area contributed by atoms with Gasteiger partial charge in [0.2, 0.25) is 5.91 Å². The number of nitrogens with one attached hydrogen (secondary N) is 2. The maximum Gasteiger partial charge on any atom is 0.239 e. The molecule has 0 heterocycles. The van der Waals surface area contributed by atoms with Gasteiger partial charge in [0.15, 0.2) is 0 Å². The molecule has 1 amide bonds. The molecular weight excluding hydrogens is 264 g/mol. The van der Waals surface area contributed by atoms with Crippen molar-refractivity contribution in [3.63, 3.8) is 0 Å². The Hall–Kier alpha value is -2.49. The summed E-state index contributed by atoms with van der Waals surface area (Å²) in [6.07, 6.45) is 0. The lowest BCUT2D eigenvalue weighted by molar-refractivity contribution is -0.119. The SMILES string of the molecule is COc1ccc(CNC(=O)CNc2cccc(C)c2)cc1. The summed E-state index contributed by atoms with van der Waals surface area (Å²) in [7, 11) is 1.63. The van der Waals surface area contributed by atoms with Crippen LogP contribution in [0.3, 0.4) is 0 Å². The van der Waals surface area contributed by atoms with E-state index in [1.165, 1.54) is 5.56 Å². The molecule has 0 radical (unpaired) electrons. The van der Waals surface area contributed by atoms with E-state index >= 15 is 0 Å². The minimum Gasteiger partial charge on any atom is -0.497 e. The van der Waals surface area contributed by atoms with Crippen LogP contribution in [0.2, 0.25) is 0 Å². The third-order valence-electron chi connectivity index (χ3n) is 3.12. The van der Waals surface area contributed by atoms with Crippen LogP contribution in [0.5, 0.6) is 5.75 Å². The molecule has 0 aliphatic heterocycles. The Balaban J connectivity index is 1.76. The molecule has 2 N–H and O–H groups in total. The van der Waals surface area contributed by atoms with E-state index in [1.54, 1.807) is 7.11 Å². The smallest absolute Gasteiger partial charge is 0.239 e. The van der Waals surface area contributed by atoms with Crippen LogP contribution < -0.4 is 15.4 Å². The molecule has 4 heteroatoms. The second-order valence-electron chi connectivity index (χ2n) is 4.85. The quantitative estimate of drug-likeness (QED) is 0.857. The number of carbonyl (C=O) groups excluding carboxylic acids is 1. The van der Waals surface area contributed by atoms with Gasteiger partial charge in [-0.1, -0.05) is 24.3 Å². The van der Waals surface area contributed by atoms with E-state index in [9.17, 15) is 4.79 Å². The average Bonchev–Trinajstić information content (AvgIpc) is 2.51. The standard InChI is InChI=1S/C17H20N2O2/c1-13-4-3-5-15(10-13)18-12-17(20)19-11-14-6-8-16(21-2)9-7-14/h3-10,18H,11-12H2,1-2H3,(H,19,20). The molecule has 2 aromatic carbocycles. The predicted octanol–water partition coefficient (Wildman–Crippen LogP) is 2.73. The topological polar surface area (TPSA) is 50.4 Å². The monoisotopic (exact) mass is 284 g/mol. The Bertz CT molecular complexity index is 594. The summed E-state index contributed by atoms with van der Waals surface area (Å²) in [5.74, 6) is 0.776. The molecule has 4 nitrogen and oxygen atoms in total. The van der Waals surface area contributed by atoms with Gasteiger partial charge in [-0.25, -0.2) is 0 Å². The van der Waals surface area contributed by atoms with Crippen molar-refractivity contribution in [1.82, 2.24) is 5.32 Å². The number of amides is 1. The Morgan fingerprint density at radius 1 is 1.14 bits per heavy atom. The number of hydrogen-bond donors (Lipinski definition) is 2. The van der Waals surface area contributed by atoms with Gasteiger partial charge >= 0.3 is 0 Å². The minimum absolute atomic E-state index is 0.0349. The summed E-state index contributed by atoms with van der Waals surface area (Å²) < 4.78 is 5.09. The fourth-order valence-electron chi connectivity index (χ4n) is 1.94. The number of benzene rings is 2. The number of rotatable bonds is 6. The third kappa shape index (κ3) is 4.84. The number of anilines is 1. The summed E-state index contributed by atoms with van der Waals surface area (Å²) in [4.78, 5) is 11.8. The van der Waals surface area contributed by atoms with Crippen molar-refractivity contribution < 1.29 is 9.53 Å². The maximum atomic E-state index is 11.8. The van der Waals surface area contributed by atoms with Gasteiger partial charge in [-0.2, -0.15) is 0 Å². The molecule has 0 saturated heterocycles. The largest absolute Gasteiger partial charge is 0.497 e. The molecule has 0 spiro atoms. The van der Waals surface area contributed by atoms with Gasteiger partial charge in [0.05, 0.1) is 13.7 Å². The molecule has 0 bridgehead atoms. The lowest BCUT2D eigenvalue weighted by Crippen LogP contribution is -2.29. The van der Waals surface area contributed by atoms with E-state index in [4.69, 9.17) is 4.74 Å². The summed E-state index contributed by atoms with van der Waals surface area (Å²) >= 11 is 0. The van der Waals surface area contributed by atoms with Crippen molar-refractivity contribution in [2.75, 3.05) is 19.0 Å². The zero-order valence-electron chi connectivity index (χ0n) is 12.3. The fourth-order valence-corrected chi connectivity index (χ4v) is 1.94. The van der Waals surface area contributed by atoms with Crippen molar-refractivity contribution in [3.05, 3.63) is 59.7 Å². The zero-order valence-corrected chi connectivity index (χ0v) is 12.3. The zero-order chi connectivity index (χ0) is 15.1. The van der Waals surface area contributed by atoms with E-state index in [-0.39, 0.29) is 12.5 Å². The molecule has 0 aliphatic carbocycles. The third-order valence-corrected chi connectivity index (χ3v) is 3.12. The van der Waals surface area contributed by atoms with Crippen LogP contribution in [0.4, 0.5) is 5.69 Å². The molecule has 0 unspecified atom stereocenters. The van der Waals surface area contributed by atoms with E-state index in [2.05, 4.69) is 10.6 Å². The molecule has 0 fully saturated rings. The number of hydrogen-bond acceptors (Lipinski definition) is 3. The van der Waals surface area contributed by atoms with Crippen LogP contribution >= 0.6 is 0 Å². The van der Waals surface area contributed by atoms with Crippen molar-refractivity contribution in [3.8, 4) is 5.75 Å².